The minimum absolute atomic E-state index is 0.0565. The Kier molecular flexibility index (Phi) is 4.01. The van der Waals surface area contributed by atoms with Crippen LogP contribution in [-0.2, 0) is 6.54 Å². The number of rotatable bonds is 5. The Balaban J connectivity index is 1.92. The third-order valence-electron chi connectivity index (χ3n) is 2.68. The first-order valence-corrected chi connectivity index (χ1v) is 6.08. The van der Waals surface area contributed by atoms with Gasteiger partial charge in [-0.25, -0.2) is 9.48 Å². The lowest BCUT2D eigenvalue weighted by molar-refractivity contribution is 0.0690. The molecule has 0 aliphatic carbocycles. The summed E-state index contributed by atoms with van der Waals surface area (Å²) in [6, 6.07) is 5.64. The molecule has 1 heterocycles. The number of halogens is 1. The average Bonchev–Trinajstić information content (AvgIpc) is 2.83. The van der Waals surface area contributed by atoms with Gasteiger partial charge in [0, 0.05) is 17.3 Å². The van der Waals surface area contributed by atoms with E-state index in [1.54, 1.807) is 0 Å². The smallest absolute Gasteiger partial charge is 0.358 e. The Morgan fingerprint density at radius 2 is 2.32 bits per heavy atom. The summed E-state index contributed by atoms with van der Waals surface area (Å²) < 4.78 is 1.48. The summed E-state index contributed by atoms with van der Waals surface area (Å²) in [5, 5.41) is 19.9. The molecule has 100 valence electrons. The maximum atomic E-state index is 10.6. The zero-order valence-corrected chi connectivity index (χ0v) is 11.1. The van der Waals surface area contributed by atoms with Crippen molar-refractivity contribution in [1.29, 1.82) is 0 Å². The number of aromatic carboxylic acids is 1. The van der Waals surface area contributed by atoms with Gasteiger partial charge in [0.15, 0.2) is 5.69 Å². The number of anilines is 1. The minimum atomic E-state index is -1.08. The van der Waals surface area contributed by atoms with E-state index in [0.29, 0.717) is 18.1 Å². The number of hydrogen-bond acceptors (Lipinski definition) is 4. The highest BCUT2D eigenvalue weighted by Gasteiger charge is 2.07. The third kappa shape index (κ3) is 3.23. The van der Waals surface area contributed by atoms with E-state index in [4.69, 9.17) is 16.7 Å². The molecule has 2 rings (SSSR count). The first-order valence-electron chi connectivity index (χ1n) is 5.70. The molecule has 1 aromatic heterocycles. The Morgan fingerprint density at radius 3 is 3.00 bits per heavy atom. The van der Waals surface area contributed by atoms with Gasteiger partial charge in [0.1, 0.15) is 0 Å². The fourth-order valence-corrected chi connectivity index (χ4v) is 1.78. The van der Waals surface area contributed by atoms with Crippen molar-refractivity contribution in [3.63, 3.8) is 0 Å². The highest BCUT2D eigenvalue weighted by Crippen LogP contribution is 2.22. The molecular formula is C12H13ClN4O2. The molecule has 0 bridgehead atoms. The molecule has 6 nitrogen and oxygen atoms in total. The van der Waals surface area contributed by atoms with E-state index in [1.807, 2.05) is 25.1 Å². The number of nitrogens with zero attached hydrogens (tertiary/aromatic N) is 3. The van der Waals surface area contributed by atoms with Crippen LogP contribution in [0.15, 0.2) is 24.4 Å². The molecule has 0 spiro atoms. The second-order valence-electron chi connectivity index (χ2n) is 4.01. The van der Waals surface area contributed by atoms with Crippen LogP contribution in [0.25, 0.3) is 0 Å². The predicted octanol–water partition coefficient (Wildman–Crippen LogP) is 2.05. The van der Waals surface area contributed by atoms with Crippen LogP contribution in [0.4, 0.5) is 5.69 Å². The van der Waals surface area contributed by atoms with Gasteiger partial charge in [0.2, 0.25) is 0 Å². The SMILES string of the molecule is Cc1c(Cl)cccc1NCCn1cc(C(=O)O)nn1. The Hall–Kier alpha value is -2.08. The lowest BCUT2D eigenvalue weighted by Gasteiger charge is -2.10. The molecule has 0 unspecified atom stereocenters. The van der Waals surface area contributed by atoms with Crippen molar-refractivity contribution in [2.24, 2.45) is 0 Å². The number of nitrogens with one attached hydrogen (secondary N) is 1. The zero-order valence-electron chi connectivity index (χ0n) is 10.3. The number of carboxylic acids is 1. The number of hydrogen-bond donors (Lipinski definition) is 2. The summed E-state index contributed by atoms with van der Waals surface area (Å²) in [4.78, 5) is 10.6. The molecule has 0 amide bonds. The summed E-state index contributed by atoms with van der Waals surface area (Å²) in [6.07, 6.45) is 1.40. The van der Waals surface area contributed by atoms with Gasteiger partial charge in [-0.3, -0.25) is 0 Å². The molecule has 2 N–H and O–H groups in total. The standard InChI is InChI=1S/C12H13ClN4O2/c1-8-9(13)3-2-4-10(8)14-5-6-17-7-11(12(18)19)15-16-17/h2-4,7,14H,5-6H2,1H3,(H,18,19). The van der Waals surface area contributed by atoms with Crippen LogP contribution in [0.3, 0.4) is 0 Å². The van der Waals surface area contributed by atoms with Crippen molar-refractivity contribution < 1.29 is 9.90 Å². The van der Waals surface area contributed by atoms with Gasteiger partial charge in [-0.1, -0.05) is 22.9 Å². The molecule has 0 aliphatic heterocycles. The molecule has 0 saturated carbocycles. The summed E-state index contributed by atoms with van der Waals surface area (Å²) in [5.41, 5.74) is 1.87. The molecule has 2 aromatic rings. The van der Waals surface area contributed by atoms with Crippen LogP contribution in [0.1, 0.15) is 16.1 Å². The van der Waals surface area contributed by atoms with E-state index in [9.17, 15) is 4.79 Å². The maximum absolute atomic E-state index is 10.6. The van der Waals surface area contributed by atoms with Crippen molar-refractivity contribution >= 4 is 23.3 Å². The van der Waals surface area contributed by atoms with E-state index in [2.05, 4.69) is 15.6 Å². The van der Waals surface area contributed by atoms with Crippen molar-refractivity contribution in [1.82, 2.24) is 15.0 Å². The van der Waals surface area contributed by atoms with Crippen LogP contribution in [0.2, 0.25) is 5.02 Å². The number of carbonyl (C=O) groups is 1. The number of carboxylic acid groups (broad SMARTS) is 1. The fourth-order valence-electron chi connectivity index (χ4n) is 1.61. The van der Waals surface area contributed by atoms with E-state index >= 15 is 0 Å². The largest absolute Gasteiger partial charge is 0.476 e. The van der Waals surface area contributed by atoms with Crippen LogP contribution in [0, 0.1) is 6.92 Å². The fraction of sp³-hybridized carbons (Fsp3) is 0.250. The molecule has 0 atom stereocenters. The average molecular weight is 281 g/mol. The topological polar surface area (TPSA) is 80.0 Å². The Morgan fingerprint density at radius 1 is 1.53 bits per heavy atom. The maximum Gasteiger partial charge on any atom is 0.358 e. The molecule has 19 heavy (non-hydrogen) atoms. The van der Waals surface area contributed by atoms with Crippen LogP contribution in [-0.4, -0.2) is 32.6 Å². The molecular weight excluding hydrogens is 268 g/mol. The van der Waals surface area contributed by atoms with Gasteiger partial charge in [0.25, 0.3) is 0 Å². The molecule has 1 aromatic carbocycles. The minimum Gasteiger partial charge on any atom is -0.476 e. The van der Waals surface area contributed by atoms with E-state index in [1.165, 1.54) is 10.9 Å². The second kappa shape index (κ2) is 5.71. The summed E-state index contributed by atoms with van der Waals surface area (Å²) in [7, 11) is 0. The van der Waals surface area contributed by atoms with Crippen molar-refractivity contribution in [2.75, 3.05) is 11.9 Å². The Bertz CT molecular complexity index is 597. The van der Waals surface area contributed by atoms with Gasteiger partial charge in [-0.05, 0) is 24.6 Å². The Labute approximate surface area is 115 Å². The van der Waals surface area contributed by atoms with Gasteiger partial charge in [-0.15, -0.1) is 5.10 Å². The first kappa shape index (κ1) is 13.4. The number of aromatic nitrogens is 3. The van der Waals surface area contributed by atoms with Crippen molar-refractivity contribution in [3.05, 3.63) is 40.7 Å². The zero-order chi connectivity index (χ0) is 13.8. The van der Waals surface area contributed by atoms with Gasteiger partial charge in [-0.2, -0.15) is 0 Å². The molecule has 0 saturated heterocycles. The highest BCUT2D eigenvalue weighted by molar-refractivity contribution is 6.31. The van der Waals surface area contributed by atoms with Crippen LogP contribution >= 0.6 is 11.6 Å². The lowest BCUT2D eigenvalue weighted by Crippen LogP contribution is -2.11. The summed E-state index contributed by atoms with van der Waals surface area (Å²) in [5.74, 6) is -1.08. The normalized spacial score (nSPS) is 10.4. The molecule has 0 aliphatic rings. The predicted molar refractivity (Wildman–Crippen MR) is 71.7 cm³/mol. The molecule has 0 fully saturated rings. The lowest BCUT2D eigenvalue weighted by atomic mass is 10.2. The van der Waals surface area contributed by atoms with Gasteiger partial charge >= 0.3 is 5.97 Å². The highest BCUT2D eigenvalue weighted by atomic mass is 35.5. The third-order valence-corrected chi connectivity index (χ3v) is 3.09. The van der Waals surface area contributed by atoms with E-state index in [0.717, 1.165) is 11.3 Å². The first-order chi connectivity index (χ1) is 9.08. The summed E-state index contributed by atoms with van der Waals surface area (Å²) >= 11 is 6.02. The summed E-state index contributed by atoms with van der Waals surface area (Å²) in [6.45, 7) is 3.05. The van der Waals surface area contributed by atoms with Crippen molar-refractivity contribution in [3.8, 4) is 0 Å². The monoisotopic (exact) mass is 280 g/mol. The van der Waals surface area contributed by atoms with Crippen LogP contribution < -0.4 is 5.32 Å². The van der Waals surface area contributed by atoms with Gasteiger partial charge < -0.3 is 10.4 Å². The molecule has 0 radical (unpaired) electrons. The number of benzene rings is 1. The van der Waals surface area contributed by atoms with Crippen molar-refractivity contribution in [2.45, 2.75) is 13.5 Å². The molecule has 7 heteroatoms. The van der Waals surface area contributed by atoms with E-state index in [-0.39, 0.29) is 5.69 Å². The van der Waals surface area contributed by atoms with Gasteiger partial charge in [0.05, 0.1) is 12.7 Å². The van der Waals surface area contributed by atoms with E-state index < -0.39 is 5.97 Å². The quantitative estimate of drug-likeness (QED) is 0.876. The second-order valence-corrected chi connectivity index (χ2v) is 4.42. The van der Waals surface area contributed by atoms with Crippen LogP contribution in [0.5, 0.6) is 0 Å².